The third-order valence-electron chi connectivity index (χ3n) is 5.09. The molecule has 3 fully saturated rings. The molecule has 0 amide bonds. The maximum absolute atomic E-state index is 6.13. The third kappa shape index (κ3) is 2.68. The third-order valence-corrected chi connectivity index (χ3v) is 5.09. The number of nitrogens with zero attached hydrogens (tertiary/aromatic N) is 4. The summed E-state index contributed by atoms with van der Waals surface area (Å²) in [6.45, 7) is 9.44. The van der Waals surface area contributed by atoms with E-state index in [1.807, 2.05) is 0 Å². The van der Waals surface area contributed by atoms with Gasteiger partial charge in [0.15, 0.2) is 5.82 Å². The SMILES string of the molecule is Nc1cnn(CCN2CC3COCC3C2)c1N1CCOCC1. The Hall–Kier alpha value is -1.31. The van der Waals surface area contributed by atoms with Gasteiger partial charge in [-0.3, -0.25) is 0 Å². The van der Waals surface area contributed by atoms with Gasteiger partial charge in [-0.15, -0.1) is 0 Å². The molecule has 4 rings (SSSR count). The van der Waals surface area contributed by atoms with Crippen molar-refractivity contribution < 1.29 is 9.47 Å². The number of ether oxygens (including phenoxy) is 2. The Balaban J connectivity index is 1.38. The minimum Gasteiger partial charge on any atom is -0.394 e. The molecule has 3 aliphatic heterocycles. The van der Waals surface area contributed by atoms with E-state index in [4.69, 9.17) is 15.2 Å². The normalized spacial score (nSPS) is 29.2. The molecule has 7 heteroatoms. The van der Waals surface area contributed by atoms with Crippen molar-refractivity contribution in [2.75, 3.05) is 69.8 Å². The zero-order valence-electron chi connectivity index (χ0n) is 13.0. The predicted molar refractivity (Wildman–Crippen MR) is 83.9 cm³/mol. The summed E-state index contributed by atoms with van der Waals surface area (Å²) in [5, 5.41) is 4.48. The van der Waals surface area contributed by atoms with Gasteiger partial charge in [-0.25, -0.2) is 4.68 Å². The standard InChI is InChI=1S/C15H25N5O2/c16-14-7-17-20(15(14)19-3-5-21-6-4-19)2-1-18-8-12-10-22-11-13(12)9-18/h7,12-13H,1-6,8-11,16H2. The lowest BCUT2D eigenvalue weighted by Gasteiger charge is -2.30. The van der Waals surface area contributed by atoms with E-state index >= 15 is 0 Å². The monoisotopic (exact) mass is 307 g/mol. The molecule has 2 N–H and O–H groups in total. The highest BCUT2D eigenvalue weighted by atomic mass is 16.5. The van der Waals surface area contributed by atoms with E-state index in [1.165, 1.54) is 0 Å². The van der Waals surface area contributed by atoms with E-state index in [0.717, 1.165) is 89.0 Å². The fraction of sp³-hybridized carbons (Fsp3) is 0.800. The number of anilines is 2. The maximum atomic E-state index is 6.13. The van der Waals surface area contributed by atoms with Crippen molar-refractivity contribution in [2.24, 2.45) is 11.8 Å². The Labute approximate surface area is 130 Å². The van der Waals surface area contributed by atoms with E-state index in [0.29, 0.717) is 0 Å². The van der Waals surface area contributed by atoms with Crippen LogP contribution in [0.3, 0.4) is 0 Å². The van der Waals surface area contributed by atoms with Crippen molar-refractivity contribution in [3.63, 3.8) is 0 Å². The highest BCUT2D eigenvalue weighted by Crippen LogP contribution is 2.29. The second-order valence-electron chi connectivity index (χ2n) is 6.56. The molecule has 1 aromatic heterocycles. The second kappa shape index (κ2) is 6.06. The Morgan fingerprint density at radius 3 is 2.55 bits per heavy atom. The van der Waals surface area contributed by atoms with Crippen molar-refractivity contribution in [3.8, 4) is 0 Å². The van der Waals surface area contributed by atoms with E-state index in [2.05, 4.69) is 19.6 Å². The van der Waals surface area contributed by atoms with Crippen LogP contribution in [0.5, 0.6) is 0 Å². The quantitative estimate of drug-likeness (QED) is 0.836. The number of aromatic nitrogens is 2. The van der Waals surface area contributed by atoms with Crippen molar-refractivity contribution in [1.29, 1.82) is 0 Å². The summed E-state index contributed by atoms with van der Waals surface area (Å²) >= 11 is 0. The molecule has 3 aliphatic rings. The first-order valence-electron chi connectivity index (χ1n) is 8.25. The minimum atomic E-state index is 0.737. The van der Waals surface area contributed by atoms with E-state index in [1.54, 1.807) is 6.20 Å². The second-order valence-corrected chi connectivity index (χ2v) is 6.56. The summed E-state index contributed by atoms with van der Waals surface area (Å²) in [5.74, 6) is 2.54. The minimum absolute atomic E-state index is 0.737. The number of morpholine rings is 1. The van der Waals surface area contributed by atoms with Crippen molar-refractivity contribution >= 4 is 11.5 Å². The molecule has 22 heavy (non-hydrogen) atoms. The van der Waals surface area contributed by atoms with Crippen LogP contribution >= 0.6 is 0 Å². The van der Waals surface area contributed by atoms with Gasteiger partial charge in [0, 0.05) is 44.6 Å². The Morgan fingerprint density at radius 1 is 1.09 bits per heavy atom. The zero-order chi connectivity index (χ0) is 14.9. The Kier molecular flexibility index (Phi) is 3.94. The first-order chi connectivity index (χ1) is 10.8. The van der Waals surface area contributed by atoms with Crippen LogP contribution in [0, 0.1) is 11.8 Å². The summed E-state index contributed by atoms with van der Waals surface area (Å²) < 4.78 is 13.0. The molecule has 0 aliphatic carbocycles. The van der Waals surface area contributed by atoms with E-state index in [9.17, 15) is 0 Å². The van der Waals surface area contributed by atoms with Gasteiger partial charge in [-0.1, -0.05) is 0 Å². The molecule has 7 nitrogen and oxygen atoms in total. The van der Waals surface area contributed by atoms with Gasteiger partial charge < -0.3 is 25.0 Å². The molecule has 0 spiro atoms. The molecular formula is C15H25N5O2. The number of nitrogens with two attached hydrogens (primary N) is 1. The Morgan fingerprint density at radius 2 is 1.82 bits per heavy atom. The number of fused-ring (bicyclic) bond motifs is 1. The highest BCUT2D eigenvalue weighted by Gasteiger charge is 2.36. The number of likely N-dealkylation sites (tertiary alicyclic amines) is 1. The van der Waals surface area contributed by atoms with Gasteiger partial charge >= 0.3 is 0 Å². The number of hydrogen-bond acceptors (Lipinski definition) is 6. The molecule has 0 saturated carbocycles. The maximum Gasteiger partial charge on any atom is 0.150 e. The fourth-order valence-corrected chi connectivity index (χ4v) is 3.88. The topological polar surface area (TPSA) is 68.8 Å². The number of nitrogen functional groups attached to an aromatic ring is 1. The molecule has 2 atom stereocenters. The smallest absolute Gasteiger partial charge is 0.150 e. The summed E-state index contributed by atoms with van der Waals surface area (Å²) in [6, 6.07) is 0. The first-order valence-corrected chi connectivity index (χ1v) is 8.25. The zero-order valence-corrected chi connectivity index (χ0v) is 13.0. The van der Waals surface area contributed by atoms with Gasteiger partial charge in [0.05, 0.1) is 44.9 Å². The molecule has 0 bridgehead atoms. The molecule has 122 valence electrons. The molecule has 3 saturated heterocycles. The van der Waals surface area contributed by atoms with Crippen LogP contribution in [0.4, 0.5) is 11.5 Å². The van der Waals surface area contributed by atoms with Crippen LogP contribution in [0.2, 0.25) is 0 Å². The van der Waals surface area contributed by atoms with E-state index < -0.39 is 0 Å². The lowest BCUT2D eigenvalue weighted by Crippen LogP contribution is -2.38. The molecule has 2 unspecified atom stereocenters. The number of rotatable bonds is 4. The lowest BCUT2D eigenvalue weighted by molar-refractivity contribution is 0.122. The predicted octanol–water partition coefficient (Wildman–Crippen LogP) is -0.120. The highest BCUT2D eigenvalue weighted by molar-refractivity contribution is 5.62. The van der Waals surface area contributed by atoms with Crippen LogP contribution in [0.25, 0.3) is 0 Å². The average molecular weight is 307 g/mol. The fourth-order valence-electron chi connectivity index (χ4n) is 3.88. The number of hydrogen-bond donors (Lipinski definition) is 1. The van der Waals surface area contributed by atoms with Crippen LogP contribution in [0.15, 0.2) is 6.20 Å². The summed E-state index contributed by atoms with van der Waals surface area (Å²) in [5.41, 5.74) is 6.91. The van der Waals surface area contributed by atoms with Crippen LogP contribution in [-0.2, 0) is 16.0 Å². The van der Waals surface area contributed by atoms with Crippen molar-refractivity contribution in [2.45, 2.75) is 6.54 Å². The molecule has 0 aromatic carbocycles. The van der Waals surface area contributed by atoms with Crippen LogP contribution < -0.4 is 10.6 Å². The summed E-state index contributed by atoms with van der Waals surface area (Å²) in [7, 11) is 0. The summed E-state index contributed by atoms with van der Waals surface area (Å²) in [4.78, 5) is 4.83. The molecule has 0 radical (unpaired) electrons. The Bertz CT molecular complexity index is 502. The van der Waals surface area contributed by atoms with Gasteiger partial charge in [-0.2, -0.15) is 5.10 Å². The first kappa shape index (κ1) is 14.3. The van der Waals surface area contributed by atoms with Gasteiger partial charge in [-0.05, 0) is 0 Å². The van der Waals surface area contributed by atoms with Gasteiger partial charge in [0.25, 0.3) is 0 Å². The van der Waals surface area contributed by atoms with E-state index in [-0.39, 0.29) is 0 Å². The van der Waals surface area contributed by atoms with Gasteiger partial charge in [0.1, 0.15) is 0 Å². The molecule has 4 heterocycles. The summed E-state index contributed by atoms with van der Waals surface area (Å²) in [6.07, 6.45) is 1.78. The van der Waals surface area contributed by atoms with Crippen molar-refractivity contribution in [3.05, 3.63) is 6.20 Å². The van der Waals surface area contributed by atoms with Crippen LogP contribution in [0.1, 0.15) is 0 Å². The van der Waals surface area contributed by atoms with Crippen molar-refractivity contribution in [1.82, 2.24) is 14.7 Å². The van der Waals surface area contributed by atoms with Crippen LogP contribution in [-0.4, -0.2) is 73.8 Å². The molecular weight excluding hydrogens is 282 g/mol. The lowest BCUT2D eigenvalue weighted by atomic mass is 10.0. The van der Waals surface area contributed by atoms with Gasteiger partial charge in [0.2, 0.25) is 0 Å². The average Bonchev–Trinajstić information content (AvgIpc) is 3.20. The largest absolute Gasteiger partial charge is 0.394 e. The molecule has 1 aromatic rings.